The summed E-state index contributed by atoms with van der Waals surface area (Å²) >= 11 is 5.09. The average Bonchev–Trinajstić information content (AvgIpc) is 2.38. The Balaban J connectivity index is 2.11. The molecule has 20 heavy (non-hydrogen) atoms. The number of hydrogen-bond donors (Lipinski definition) is 1. The van der Waals surface area contributed by atoms with Crippen molar-refractivity contribution in [3.05, 3.63) is 28.2 Å². The molecule has 0 aromatic heterocycles. The van der Waals surface area contributed by atoms with Crippen molar-refractivity contribution in [3.63, 3.8) is 0 Å². The summed E-state index contributed by atoms with van der Waals surface area (Å²) in [7, 11) is 0. The number of halogens is 4. The number of alkyl halides is 3. The largest absolute Gasteiger partial charge is 0.418 e. The van der Waals surface area contributed by atoms with Crippen molar-refractivity contribution in [1.82, 2.24) is 0 Å². The van der Waals surface area contributed by atoms with Crippen molar-refractivity contribution in [2.45, 2.75) is 43.2 Å². The number of benzene rings is 1. The van der Waals surface area contributed by atoms with Gasteiger partial charge in [-0.25, -0.2) is 0 Å². The molecular formula is C14H17BrF3NS. The molecule has 1 aromatic rings. The first-order valence-corrected chi connectivity index (χ1v) is 8.64. The van der Waals surface area contributed by atoms with Crippen LogP contribution in [-0.2, 0) is 6.18 Å². The van der Waals surface area contributed by atoms with E-state index in [-0.39, 0.29) is 11.7 Å². The minimum Gasteiger partial charge on any atom is -0.382 e. The molecule has 0 spiro atoms. The highest BCUT2D eigenvalue weighted by Gasteiger charge is 2.34. The summed E-state index contributed by atoms with van der Waals surface area (Å²) in [6.45, 7) is 0. The van der Waals surface area contributed by atoms with Crippen molar-refractivity contribution >= 4 is 33.4 Å². The fraction of sp³-hybridized carbons (Fsp3) is 0.571. The second-order valence-corrected chi connectivity index (χ2v) is 7.10. The fourth-order valence-corrected chi connectivity index (χ4v) is 3.65. The Bertz CT molecular complexity index is 456. The van der Waals surface area contributed by atoms with Gasteiger partial charge in [-0.15, -0.1) is 0 Å². The zero-order chi connectivity index (χ0) is 14.8. The summed E-state index contributed by atoms with van der Waals surface area (Å²) in [6.07, 6.45) is 1.75. The maximum atomic E-state index is 13.0. The first kappa shape index (κ1) is 16.0. The van der Waals surface area contributed by atoms with Crippen LogP contribution in [0.25, 0.3) is 0 Å². The second-order valence-electron chi connectivity index (χ2n) is 5.04. The summed E-state index contributed by atoms with van der Waals surface area (Å²) in [5.74, 6) is 0. The van der Waals surface area contributed by atoms with E-state index in [1.54, 1.807) is 0 Å². The molecule has 0 heterocycles. The molecular weight excluding hydrogens is 351 g/mol. The van der Waals surface area contributed by atoms with Crippen LogP contribution in [0, 0.1) is 0 Å². The molecule has 0 bridgehead atoms. The van der Waals surface area contributed by atoms with E-state index in [0.29, 0.717) is 9.72 Å². The number of hydrogen-bond acceptors (Lipinski definition) is 2. The summed E-state index contributed by atoms with van der Waals surface area (Å²) in [5.41, 5.74) is -0.410. The van der Waals surface area contributed by atoms with Crippen LogP contribution < -0.4 is 5.32 Å². The maximum Gasteiger partial charge on any atom is 0.418 e. The number of anilines is 1. The van der Waals surface area contributed by atoms with Gasteiger partial charge in [0.1, 0.15) is 0 Å². The van der Waals surface area contributed by atoms with E-state index < -0.39 is 11.7 Å². The maximum absolute atomic E-state index is 13.0. The van der Waals surface area contributed by atoms with Crippen molar-refractivity contribution < 1.29 is 13.2 Å². The van der Waals surface area contributed by atoms with Gasteiger partial charge in [-0.1, -0.05) is 15.9 Å². The Morgan fingerprint density at radius 1 is 1.20 bits per heavy atom. The van der Waals surface area contributed by atoms with Gasteiger partial charge in [0.15, 0.2) is 0 Å². The van der Waals surface area contributed by atoms with Crippen LogP contribution in [0.5, 0.6) is 0 Å². The lowest BCUT2D eigenvalue weighted by atomic mass is 9.94. The Morgan fingerprint density at radius 2 is 1.85 bits per heavy atom. The van der Waals surface area contributed by atoms with E-state index in [0.717, 1.165) is 31.7 Å². The van der Waals surface area contributed by atoms with Gasteiger partial charge in [-0.2, -0.15) is 24.9 Å². The van der Waals surface area contributed by atoms with Gasteiger partial charge in [0.2, 0.25) is 0 Å². The standard InChI is InChI=1S/C14H17BrF3NS/c1-20-11-5-3-10(4-6-11)19-13-8-9(15)2-7-12(13)14(16,17)18/h2,7-8,10-11,19H,3-6H2,1H3. The molecule has 0 radical (unpaired) electrons. The number of rotatable bonds is 3. The van der Waals surface area contributed by atoms with E-state index in [1.807, 2.05) is 11.8 Å². The van der Waals surface area contributed by atoms with Crippen LogP contribution in [0.4, 0.5) is 18.9 Å². The molecule has 1 aliphatic rings. The highest BCUT2D eigenvalue weighted by Crippen LogP contribution is 2.38. The molecule has 0 unspecified atom stereocenters. The third-order valence-electron chi connectivity index (χ3n) is 3.65. The van der Waals surface area contributed by atoms with Crippen molar-refractivity contribution in [1.29, 1.82) is 0 Å². The van der Waals surface area contributed by atoms with E-state index in [2.05, 4.69) is 27.5 Å². The van der Waals surface area contributed by atoms with Crippen LogP contribution in [-0.4, -0.2) is 17.5 Å². The van der Waals surface area contributed by atoms with Gasteiger partial charge < -0.3 is 5.32 Å². The average molecular weight is 368 g/mol. The van der Waals surface area contributed by atoms with Crippen LogP contribution in [0.2, 0.25) is 0 Å². The van der Waals surface area contributed by atoms with Crippen molar-refractivity contribution in [2.24, 2.45) is 0 Å². The Kier molecular flexibility index (Phi) is 5.29. The van der Waals surface area contributed by atoms with Crippen LogP contribution in [0.1, 0.15) is 31.2 Å². The highest BCUT2D eigenvalue weighted by atomic mass is 79.9. The molecule has 6 heteroatoms. The zero-order valence-electron chi connectivity index (χ0n) is 11.1. The smallest absolute Gasteiger partial charge is 0.382 e. The van der Waals surface area contributed by atoms with Crippen LogP contribution in [0.15, 0.2) is 22.7 Å². The highest BCUT2D eigenvalue weighted by molar-refractivity contribution is 9.10. The quantitative estimate of drug-likeness (QED) is 0.750. The third-order valence-corrected chi connectivity index (χ3v) is 5.29. The topological polar surface area (TPSA) is 12.0 Å². The van der Waals surface area contributed by atoms with Crippen LogP contribution in [0.3, 0.4) is 0 Å². The third kappa shape index (κ3) is 4.07. The predicted molar refractivity (Wildman–Crippen MR) is 82.3 cm³/mol. The van der Waals surface area contributed by atoms with Gasteiger partial charge in [0, 0.05) is 21.5 Å². The van der Waals surface area contributed by atoms with Gasteiger partial charge >= 0.3 is 6.18 Å². The van der Waals surface area contributed by atoms with Crippen LogP contribution >= 0.6 is 27.7 Å². The molecule has 0 aliphatic heterocycles. The van der Waals surface area contributed by atoms with E-state index in [1.165, 1.54) is 12.1 Å². The van der Waals surface area contributed by atoms with Crippen molar-refractivity contribution in [3.8, 4) is 0 Å². The molecule has 0 amide bonds. The summed E-state index contributed by atoms with van der Waals surface area (Å²) < 4.78 is 39.6. The first-order valence-electron chi connectivity index (χ1n) is 6.56. The second kappa shape index (κ2) is 6.60. The summed E-state index contributed by atoms with van der Waals surface area (Å²) in [4.78, 5) is 0. The van der Waals surface area contributed by atoms with Gasteiger partial charge in [0.05, 0.1) is 5.56 Å². The lowest BCUT2D eigenvalue weighted by Gasteiger charge is -2.29. The molecule has 1 fully saturated rings. The minimum atomic E-state index is -4.32. The molecule has 1 aromatic carbocycles. The molecule has 1 nitrogen and oxygen atoms in total. The summed E-state index contributed by atoms with van der Waals surface area (Å²) in [6, 6.07) is 4.20. The molecule has 0 atom stereocenters. The summed E-state index contributed by atoms with van der Waals surface area (Å²) in [5, 5.41) is 3.73. The van der Waals surface area contributed by atoms with Crippen molar-refractivity contribution in [2.75, 3.05) is 11.6 Å². The fourth-order valence-electron chi connectivity index (χ4n) is 2.55. The number of thioether (sulfide) groups is 1. The molecule has 112 valence electrons. The zero-order valence-corrected chi connectivity index (χ0v) is 13.5. The minimum absolute atomic E-state index is 0.133. The first-order chi connectivity index (χ1) is 9.40. The Hall–Kier alpha value is -0.360. The van der Waals surface area contributed by atoms with E-state index in [4.69, 9.17) is 0 Å². The number of nitrogens with one attached hydrogen (secondary N) is 1. The monoisotopic (exact) mass is 367 g/mol. The van der Waals surface area contributed by atoms with Gasteiger partial charge in [0.25, 0.3) is 0 Å². The normalized spacial score (nSPS) is 23.6. The molecule has 1 N–H and O–H groups in total. The Labute approximate surface area is 129 Å². The lowest BCUT2D eigenvalue weighted by Crippen LogP contribution is -2.28. The molecule has 2 rings (SSSR count). The van der Waals surface area contributed by atoms with E-state index in [9.17, 15) is 13.2 Å². The predicted octanol–water partition coefficient (Wildman–Crippen LogP) is 5.55. The lowest BCUT2D eigenvalue weighted by molar-refractivity contribution is -0.137. The molecule has 1 saturated carbocycles. The van der Waals surface area contributed by atoms with Gasteiger partial charge in [-0.3, -0.25) is 0 Å². The SMILES string of the molecule is CSC1CCC(Nc2cc(Br)ccc2C(F)(F)F)CC1. The Morgan fingerprint density at radius 3 is 2.40 bits per heavy atom. The van der Waals surface area contributed by atoms with Gasteiger partial charge in [-0.05, 0) is 50.1 Å². The molecule has 0 saturated heterocycles. The molecule has 1 aliphatic carbocycles. The van der Waals surface area contributed by atoms with E-state index >= 15 is 0 Å².